The smallest absolute Gasteiger partial charge is 0.191 e. The van der Waals surface area contributed by atoms with Gasteiger partial charge in [0.2, 0.25) is 0 Å². The number of likely N-dealkylation sites (N-methyl/N-ethyl adjacent to an activating group) is 1. The van der Waals surface area contributed by atoms with Gasteiger partial charge in [-0.2, -0.15) is 0 Å². The van der Waals surface area contributed by atoms with Crippen LogP contribution in [-0.2, 0) is 4.74 Å². The molecule has 172 valence electrons. The van der Waals surface area contributed by atoms with Gasteiger partial charge < -0.3 is 29.7 Å². The van der Waals surface area contributed by atoms with Crippen LogP contribution in [0.25, 0.3) is 0 Å². The Balaban J connectivity index is 0.00000450. The van der Waals surface area contributed by atoms with Crippen molar-refractivity contribution in [1.29, 1.82) is 0 Å². The van der Waals surface area contributed by atoms with Gasteiger partial charge in [0.25, 0.3) is 0 Å². The van der Waals surface area contributed by atoms with Gasteiger partial charge in [-0.15, -0.1) is 24.0 Å². The van der Waals surface area contributed by atoms with Crippen molar-refractivity contribution in [1.82, 2.24) is 15.5 Å². The number of benzene rings is 1. The van der Waals surface area contributed by atoms with Gasteiger partial charge in [0.05, 0.1) is 20.3 Å². The molecule has 1 fully saturated rings. The maximum Gasteiger partial charge on any atom is 0.191 e. The van der Waals surface area contributed by atoms with E-state index in [1.165, 1.54) is 19.3 Å². The molecule has 1 aromatic carbocycles. The first-order valence-electron chi connectivity index (χ1n) is 10.3. The summed E-state index contributed by atoms with van der Waals surface area (Å²) in [6.07, 6.45) is 4.91. The van der Waals surface area contributed by atoms with Crippen molar-refractivity contribution in [3.8, 4) is 11.5 Å². The van der Waals surface area contributed by atoms with Crippen molar-refractivity contribution >= 4 is 29.9 Å². The van der Waals surface area contributed by atoms with E-state index in [1.54, 1.807) is 21.3 Å². The Hall–Kier alpha value is -1.26. The van der Waals surface area contributed by atoms with E-state index in [2.05, 4.69) is 40.7 Å². The van der Waals surface area contributed by atoms with Crippen LogP contribution in [0.5, 0.6) is 11.5 Å². The highest BCUT2D eigenvalue weighted by molar-refractivity contribution is 14.0. The van der Waals surface area contributed by atoms with Crippen molar-refractivity contribution in [2.45, 2.75) is 31.7 Å². The molecule has 0 heterocycles. The first-order valence-corrected chi connectivity index (χ1v) is 10.3. The first-order chi connectivity index (χ1) is 14.0. The topological polar surface area (TPSA) is 67.4 Å². The summed E-state index contributed by atoms with van der Waals surface area (Å²) >= 11 is 0. The van der Waals surface area contributed by atoms with E-state index in [-0.39, 0.29) is 30.0 Å². The molecule has 7 nitrogen and oxygen atoms in total. The summed E-state index contributed by atoms with van der Waals surface area (Å²) in [4.78, 5) is 6.60. The number of halogens is 1. The molecule has 0 aromatic heterocycles. The van der Waals surface area contributed by atoms with Gasteiger partial charge in [-0.05, 0) is 56.5 Å². The number of hydrogen-bond donors (Lipinski definition) is 2. The summed E-state index contributed by atoms with van der Waals surface area (Å²) in [6, 6.07) is 6.24. The summed E-state index contributed by atoms with van der Waals surface area (Å²) in [6.45, 7) is 2.47. The lowest BCUT2D eigenvalue weighted by molar-refractivity contribution is 0.0732. The molecule has 2 rings (SSSR count). The van der Waals surface area contributed by atoms with E-state index in [1.807, 2.05) is 19.2 Å². The molecule has 8 heteroatoms. The number of nitrogens with zero attached hydrogens (tertiary/aromatic N) is 2. The SMILES string of the molecule is CN=C(NCC(c1ccc(OC)c(OC)c1)N(C)C)NCC1(CCOC)CCC1.I. The van der Waals surface area contributed by atoms with Crippen LogP contribution in [0.1, 0.15) is 37.3 Å². The highest BCUT2D eigenvalue weighted by Gasteiger charge is 2.36. The molecule has 1 aromatic rings. The lowest BCUT2D eigenvalue weighted by Crippen LogP contribution is -2.48. The summed E-state index contributed by atoms with van der Waals surface area (Å²) in [5.74, 6) is 2.31. The van der Waals surface area contributed by atoms with E-state index < -0.39 is 0 Å². The van der Waals surface area contributed by atoms with Gasteiger partial charge in [0, 0.05) is 33.9 Å². The first kappa shape index (κ1) is 26.8. The minimum atomic E-state index is 0. The minimum absolute atomic E-state index is 0. The molecule has 0 bridgehead atoms. The predicted molar refractivity (Wildman–Crippen MR) is 134 cm³/mol. The summed E-state index contributed by atoms with van der Waals surface area (Å²) in [5.41, 5.74) is 1.50. The molecule has 2 N–H and O–H groups in total. The Morgan fingerprint density at radius 3 is 2.33 bits per heavy atom. The normalized spacial score (nSPS) is 16.3. The second-order valence-corrected chi connectivity index (χ2v) is 8.00. The Kier molecular flexibility index (Phi) is 11.8. The molecule has 0 amide bonds. The van der Waals surface area contributed by atoms with Gasteiger partial charge in [-0.3, -0.25) is 4.99 Å². The van der Waals surface area contributed by atoms with Crippen LogP contribution in [0.4, 0.5) is 0 Å². The fraction of sp³-hybridized carbons (Fsp3) is 0.682. The average molecular weight is 534 g/mol. The van der Waals surface area contributed by atoms with E-state index in [0.29, 0.717) is 5.41 Å². The second kappa shape index (κ2) is 13.2. The third-order valence-corrected chi connectivity index (χ3v) is 5.98. The molecule has 1 atom stereocenters. The molecule has 0 radical (unpaired) electrons. The number of aliphatic imine (C=N–C) groups is 1. The minimum Gasteiger partial charge on any atom is -0.493 e. The molecular formula is C22H39IN4O3. The van der Waals surface area contributed by atoms with Crippen LogP contribution < -0.4 is 20.1 Å². The van der Waals surface area contributed by atoms with E-state index in [9.17, 15) is 0 Å². The van der Waals surface area contributed by atoms with Crippen molar-refractivity contribution in [3.63, 3.8) is 0 Å². The number of methoxy groups -OCH3 is 3. The molecule has 0 aliphatic heterocycles. The van der Waals surface area contributed by atoms with Gasteiger partial charge >= 0.3 is 0 Å². The van der Waals surface area contributed by atoms with Crippen LogP contribution in [-0.4, -0.2) is 73.0 Å². The average Bonchev–Trinajstić information content (AvgIpc) is 2.70. The highest BCUT2D eigenvalue weighted by atomic mass is 127. The van der Waals surface area contributed by atoms with E-state index >= 15 is 0 Å². The maximum atomic E-state index is 5.47. The van der Waals surface area contributed by atoms with Crippen LogP contribution in [0.2, 0.25) is 0 Å². The van der Waals surface area contributed by atoms with E-state index in [4.69, 9.17) is 14.2 Å². The second-order valence-electron chi connectivity index (χ2n) is 8.00. The molecule has 1 unspecified atom stereocenters. The zero-order valence-corrected chi connectivity index (χ0v) is 21.6. The number of ether oxygens (including phenoxy) is 3. The Bertz CT molecular complexity index is 666. The van der Waals surface area contributed by atoms with Crippen LogP contribution >= 0.6 is 24.0 Å². The molecule has 0 spiro atoms. The van der Waals surface area contributed by atoms with Gasteiger partial charge in [0.1, 0.15) is 0 Å². The van der Waals surface area contributed by atoms with Gasteiger partial charge in [-0.1, -0.05) is 12.5 Å². The molecule has 1 aliphatic rings. The Morgan fingerprint density at radius 1 is 1.13 bits per heavy atom. The third-order valence-electron chi connectivity index (χ3n) is 5.98. The lowest BCUT2D eigenvalue weighted by atomic mass is 9.67. The monoisotopic (exact) mass is 534 g/mol. The van der Waals surface area contributed by atoms with Crippen molar-refractivity contribution in [2.75, 3.05) is 62.2 Å². The number of hydrogen-bond acceptors (Lipinski definition) is 5. The van der Waals surface area contributed by atoms with Crippen LogP contribution in [0.15, 0.2) is 23.2 Å². The third kappa shape index (κ3) is 7.16. The molecule has 30 heavy (non-hydrogen) atoms. The molecule has 1 saturated carbocycles. The molecule has 0 saturated heterocycles. The predicted octanol–water partition coefficient (Wildman–Crippen LogP) is 3.30. The Morgan fingerprint density at radius 2 is 1.83 bits per heavy atom. The molecular weight excluding hydrogens is 495 g/mol. The quantitative estimate of drug-likeness (QED) is 0.258. The summed E-state index contributed by atoms with van der Waals surface area (Å²) in [5, 5.41) is 7.01. The van der Waals surface area contributed by atoms with Crippen LogP contribution in [0, 0.1) is 5.41 Å². The zero-order valence-electron chi connectivity index (χ0n) is 19.3. The van der Waals surface area contributed by atoms with Crippen molar-refractivity contribution in [3.05, 3.63) is 23.8 Å². The lowest BCUT2D eigenvalue weighted by Gasteiger charge is -2.42. The largest absolute Gasteiger partial charge is 0.493 e. The van der Waals surface area contributed by atoms with Gasteiger partial charge in [0.15, 0.2) is 17.5 Å². The molecule has 1 aliphatic carbocycles. The number of nitrogens with one attached hydrogen (secondary N) is 2. The Labute approximate surface area is 199 Å². The zero-order chi connectivity index (χ0) is 21.3. The summed E-state index contributed by atoms with van der Waals surface area (Å²) in [7, 11) is 11.1. The maximum absolute atomic E-state index is 5.47. The van der Waals surface area contributed by atoms with E-state index in [0.717, 1.165) is 49.1 Å². The number of rotatable bonds is 11. The summed E-state index contributed by atoms with van der Waals surface area (Å²) < 4.78 is 16.1. The van der Waals surface area contributed by atoms with Crippen molar-refractivity contribution in [2.24, 2.45) is 10.4 Å². The van der Waals surface area contributed by atoms with Crippen LogP contribution in [0.3, 0.4) is 0 Å². The number of guanidine groups is 1. The fourth-order valence-corrected chi connectivity index (χ4v) is 3.85. The standard InChI is InChI=1S/C22H38N4O3.HI/c1-23-21(25-16-22(10-7-11-22)12-13-27-4)24-15-18(26(2)3)17-8-9-19(28-5)20(14-17)29-6;/h8-9,14,18H,7,10-13,15-16H2,1-6H3,(H2,23,24,25);1H. The highest BCUT2D eigenvalue weighted by Crippen LogP contribution is 2.43. The van der Waals surface area contributed by atoms with Crippen molar-refractivity contribution < 1.29 is 14.2 Å². The van der Waals surface area contributed by atoms with Gasteiger partial charge in [-0.25, -0.2) is 0 Å². The fourth-order valence-electron chi connectivity index (χ4n) is 3.85.